The Hall–Kier alpha value is -2.11. The molecule has 17 heavy (non-hydrogen) atoms. The van der Waals surface area contributed by atoms with Crippen molar-refractivity contribution in [3.05, 3.63) is 42.8 Å². The van der Waals surface area contributed by atoms with E-state index in [1.165, 1.54) is 17.7 Å². The maximum Gasteiger partial charge on any atom is 0.332 e. The number of aromatic nitrogens is 3. The average Bonchev–Trinajstić information content (AvgIpc) is 2.28. The normalized spacial score (nSPS) is 11.1. The fourth-order valence-corrected chi connectivity index (χ4v) is 1.97. The van der Waals surface area contributed by atoms with E-state index in [-0.39, 0.29) is 10.8 Å². The van der Waals surface area contributed by atoms with Gasteiger partial charge < -0.3 is 4.57 Å². The first-order chi connectivity index (χ1) is 7.86. The van der Waals surface area contributed by atoms with E-state index in [4.69, 9.17) is 0 Å². The molecule has 2 heterocycles. The lowest BCUT2D eigenvalue weighted by Crippen LogP contribution is -2.40. The molecule has 0 aromatic carbocycles. The molecule has 0 amide bonds. The minimum atomic E-state index is -0.552. The van der Waals surface area contributed by atoms with Crippen LogP contribution in [0.25, 0.3) is 11.0 Å². The predicted octanol–water partition coefficient (Wildman–Crippen LogP) is -0.756. The van der Waals surface area contributed by atoms with Crippen molar-refractivity contribution >= 4 is 11.0 Å². The summed E-state index contributed by atoms with van der Waals surface area (Å²) in [6.07, 6.45) is 0. The summed E-state index contributed by atoms with van der Waals surface area (Å²) in [6.45, 7) is 1.75. The van der Waals surface area contributed by atoms with Gasteiger partial charge in [-0.15, -0.1) is 0 Å². The molecule has 0 unspecified atom stereocenters. The zero-order valence-corrected chi connectivity index (χ0v) is 10.1. The van der Waals surface area contributed by atoms with Crippen LogP contribution in [0.2, 0.25) is 0 Å². The molecular formula is C11H13N3O3. The lowest BCUT2D eigenvalue weighted by atomic mass is 10.2. The summed E-state index contributed by atoms with van der Waals surface area (Å²) in [5.74, 6) is 0. The van der Waals surface area contributed by atoms with Gasteiger partial charge in [-0.05, 0) is 6.92 Å². The molecule has 0 radical (unpaired) electrons. The third kappa shape index (κ3) is 1.37. The standard InChI is InChI=1S/C11H13N3O3/c1-6-5-7(15)8-9(12(6)2)13(3)11(17)14(4)10(8)16/h5H,1-4H3. The molecule has 90 valence electrons. The van der Waals surface area contributed by atoms with E-state index in [0.29, 0.717) is 11.3 Å². The first-order valence-electron chi connectivity index (χ1n) is 5.12. The van der Waals surface area contributed by atoms with Crippen molar-refractivity contribution in [3.63, 3.8) is 0 Å². The van der Waals surface area contributed by atoms with Gasteiger partial charge in [0, 0.05) is 32.9 Å². The minimum absolute atomic E-state index is 0.0442. The topological polar surface area (TPSA) is 66.0 Å². The average molecular weight is 235 g/mol. The first kappa shape index (κ1) is 11.4. The minimum Gasteiger partial charge on any atom is -0.334 e. The Kier molecular flexibility index (Phi) is 2.30. The van der Waals surface area contributed by atoms with E-state index in [0.717, 1.165) is 4.57 Å². The second-order valence-corrected chi connectivity index (χ2v) is 4.11. The molecule has 0 aliphatic rings. The van der Waals surface area contributed by atoms with Crippen molar-refractivity contribution in [2.45, 2.75) is 6.92 Å². The summed E-state index contributed by atoms with van der Waals surface area (Å²) in [5, 5.41) is 0.0442. The van der Waals surface area contributed by atoms with E-state index >= 15 is 0 Å². The fourth-order valence-electron chi connectivity index (χ4n) is 1.97. The molecule has 0 aliphatic heterocycles. The second kappa shape index (κ2) is 3.44. The quantitative estimate of drug-likeness (QED) is 0.603. The van der Waals surface area contributed by atoms with Crippen LogP contribution in [0.3, 0.4) is 0 Å². The predicted molar refractivity (Wildman–Crippen MR) is 64.4 cm³/mol. The highest BCUT2D eigenvalue weighted by atomic mass is 16.2. The molecule has 0 fully saturated rings. The highest BCUT2D eigenvalue weighted by Gasteiger charge is 2.14. The van der Waals surface area contributed by atoms with Gasteiger partial charge in [0.05, 0.1) is 0 Å². The van der Waals surface area contributed by atoms with Crippen LogP contribution in [0.1, 0.15) is 5.69 Å². The van der Waals surface area contributed by atoms with Crippen LogP contribution >= 0.6 is 0 Å². The number of aryl methyl sites for hydroxylation is 3. The van der Waals surface area contributed by atoms with Gasteiger partial charge in [-0.3, -0.25) is 18.7 Å². The maximum atomic E-state index is 11.9. The van der Waals surface area contributed by atoms with Crippen LogP contribution in [0.4, 0.5) is 0 Å². The van der Waals surface area contributed by atoms with Gasteiger partial charge in [-0.2, -0.15) is 0 Å². The van der Waals surface area contributed by atoms with Crippen LogP contribution in [0.5, 0.6) is 0 Å². The van der Waals surface area contributed by atoms with Crippen LogP contribution in [-0.4, -0.2) is 13.7 Å². The van der Waals surface area contributed by atoms with Crippen molar-refractivity contribution in [2.24, 2.45) is 21.1 Å². The molecule has 0 bridgehead atoms. The van der Waals surface area contributed by atoms with E-state index in [1.807, 2.05) is 0 Å². The largest absolute Gasteiger partial charge is 0.334 e. The summed E-state index contributed by atoms with van der Waals surface area (Å²) in [6, 6.07) is 1.40. The van der Waals surface area contributed by atoms with E-state index in [1.54, 1.807) is 25.6 Å². The lowest BCUT2D eigenvalue weighted by molar-refractivity contribution is 0.688. The molecule has 2 aromatic rings. The molecule has 2 aromatic heterocycles. The monoisotopic (exact) mass is 235 g/mol. The third-order valence-corrected chi connectivity index (χ3v) is 3.07. The summed E-state index contributed by atoms with van der Waals surface area (Å²) in [5.41, 5.74) is -0.299. The van der Waals surface area contributed by atoms with Gasteiger partial charge in [0.25, 0.3) is 5.56 Å². The smallest absolute Gasteiger partial charge is 0.332 e. The molecule has 0 saturated carbocycles. The van der Waals surface area contributed by atoms with Gasteiger partial charge in [-0.1, -0.05) is 0 Å². The molecule has 0 aliphatic carbocycles. The third-order valence-electron chi connectivity index (χ3n) is 3.07. The summed E-state index contributed by atoms with van der Waals surface area (Å²) < 4.78 is 3.92. The van der Waals surface area contributed by atoms with Crippen LogP contribution in [0.15, 0.2) is 20.4 Å². The number of rotatable bonds is 0. The van der Waals surface area contributed by atoms with Crippen molar-refractivity contribution in [1.82, 2.24) is 13.7 Å². The van der Waals surface area contributed by atoms with E-state index in [2.05, 4.69) is 0 Å². The zero-order chi connectivity index (χ0) is 12.9. The Bertz CT molecular complexity index is 793. The molecule has 6 heteroatoms. The Morgan fingerprint density at radius 2 is 1.53 bits per heavy atom. The van der Waals surface area contributed by atoms with Gasteiger partial charge in [0.2, 0.25) is 0 Å². The molecule has 0 atom stereocenters. The fraction of sp³-hybridized carbons (Fsp3) is 0.364. The number of fused-ring (bicyclic) bond motifs is 1. The summed E-state index contributed by atoms with van der Waals surface area (Å²) in [7, 11) is 4.63. The molecule has 0 N–H and O–H groups in total. The van der Waals surface area contributed by atoms with Gasteiger partial charge in [0.15, 0.2) is 5.43 Å². The van der Waals surface area contributed by atoms with Crippen molar-refractivity contribution in [2.75, 3.05) is 0 Å². The number of hydrogen-bond acceptors (Lipinski definition) is 3. The lowest BCUT2D eigenvalue weighted by Gasteiger charge is -2.12. The molecule has 2 rings (SSSR count). The van der Waals surface area contributed by atoms with Gasteiger partial charge in [-0.25, -0.2) is 4.79 Å². The highest BCUT2D eigenvalue weighted by molar-refractivity contribution is 5.74. The zero-order valence-electron chi connectivity index (χ0n) is 10.1. The summed E-state index contributed by atoms with van der Waals surface area (Å²) in [4.78, 5) is 35.6. The SMILES string of the molecule is Cc1cc(=O)c2c(=O)n(C)c(=O)n(C)c2n1C. The van der Waals surface area contributed by atoms with E-state index in [9.17, 15) is 14.4 Å². The van der Waals surface area contributed by atoms with Gasteiger partial charge >= 0.3 is 5.69 Å². The Labute approximate surface area is 96.3 Å². The molecule has 0 saturated heterocycles. The Morgan fingerprint density at radius 1 is 0.941 bits per heavy atom. The number of pyridine rings is 1. The number of hydrogen-bond donors (Lipinski definition) is 0. The maximum absolute atomic E-state index is 11.9. The van der Waals surface area contributed by atoms with Crippen molar-refractivity contribution in [1.29, 1.82) is 0 Å². The first-order valence-corrected chi connectivity index (χ1v) is 5.12. The van der Waals surface area contributed by atoms with Crippen molar-refractivity contribution in [3.8, 4) is 0 Å². The Morgan fingerprint density at radius 3 is 2.12 bits per heavy atom. The second-order valence-electron chi connectivity index (χ2n) is 4.11. The Balaban J connectivity index is 3.36. The molecule has 6 nitrogen and oxygen atoms in total. The van der Waals surface area contributed by atoms with Crippen molar-refractivity contribution < 1.29 is 0 Å². The molecule has 0 spiro atoms. The number of nitrogens with zero attached hydrogens (tertiary/aromatic N) is 3. The molecular weight excluding hydrogens is 222 g/mol. The van der Waals surface area contributed by atoms with Crippen LogP contribution in [-0.2, 0) is 21.1 Å². The summed E-state index contributed by atoms with van der Waals surface area (Å²) >= 11 is 0. The van der Waals surface area contributed by atoms with E-state index < -0.39 is 11.2 Å². The highest BCUT2D eigenvalue weighted by Crippen LogP contribution is 2.04. The van der Waals surface area contributed by atoms with Crippen LogP contribution < -0.4 is 16.7 Å². The van der Waals surface area contributed by atoms with Crippen LogP contribution in [0, 0.1) is 6.92 Å². The van der Waals surface area contributed by atoms with Gasteiger partial charge in [0.1, 0.15) is 11.0 Å².